The van der Waals surface area contributed by atoms with Gasteiger partial charge in [0, 0.05) is 12.0 Å². The van der Waals surface area contributed by atoms with E-state index in [1.54, 1.807) is 0 Å². The van der Waals surface area contributed by atoms with Crippen molar-refractivity contribution in [2.45, 2.75) is 57.4 Å². The van der Waals surface area contributed by atoms with Gasteiger partial charge >= 0.3 is 0 Å². The highest BCUT2D eigenvalue weighted by Gasteiger charge is 2.23. The number of carbonyl (C=O) groups is 1. The zero-order chi connectivity index (χ0) is 10.5. The lowest BCUT2D eigenvalue weighted by Crippen LogP contribution is -2.33. The van der Waals surface area contributed by atoms with Gasteiger partial charge in [-0.15, -0.1) is 0 Å². The third kappa shape index (κ3) is 3.04. The van der Waals surface area contributed by atoms with E-state index in [1.165, 1.54) is 57.9 Å². The fourth-order valence-corrected chi connectivity index (χ4v) is 3.13. The minimum atomic E-state index is 0.365. The summed E-state index contributed by atoms with van der Waals surface area (Å²) in [6.07, 6.45) is 11.4. The Morgan fingerprint density at radius 3 is 2.00 bits per heavy atom. The third-order valence-corrected chi connectivity index (χ3v) is 4.07. The molecule has 86 valence electrons. The van der Waals surface area contributed by atoms with E-state index < -0.39 is 0 Å². The Bertz CT molecular complexity index is 189. The molecule has 0 unspecified atom stereocenters. The lowest BCUT2D eigenvalue weighted by atomic mass is 9.89. The molecule has 0 aromatic heterocycles. The molecule has 0 amide bonds. The summed E-state index contributed by atoms with van der Waals surface area (Å²) in [5, 5.41) is 0. The normalized spacial score (nSPS) is 34.7. The Balaban J connectivity index is 1.80. The molecule has 0 aromatic carbocycles. The van der Waals surface area contributed by atoms with Crippen molar-refractivity contribution in [3.8, 4) is 0 Å². The molecule has 1 aliphatic heterocycles. The van der Waals surface area contributed by atoms with Gasteiger partial charge in [0.1, 0.15) is 6.29 Å². The summed E-state index contributed by atoms with van der Waals surface area (Å²) in [5.74, 6) is 0.365. The summed E-state index contributed by atoms with van der Waals surface area (Å²) in [5.41, 5.74) is 0. The Morgan fingerprint density at radius 1 is 0.867 bits per heavy atom. The zero-order valence-electron chi connectivity index (χ0n) is 9.66. The zero-order valence-corrected chi connectivity index (χ0v) is 9.66. The van der Waals surface area contributed by atoms with Crippen LogP contribution in [0.4, 0.5) is 0 Å². The van der Waals surface area contributed by atoms with E-state index in [0.29, 0.717) is 5.92 Å². The van der Waals surface area contributed by atoms with Crippen molar-refractivity contribution < 1.29 is 4.79 Å². The van der Waals surface area contributed by atoms with Gasteiger partial charge in [-0.05, 0) is 51.6 Å². The molecule has 1 saturated heterocycles. The summed E-state index contributed by atoms with van der Waals surface area (Å²) in [6, 6.07) is 0.833. The van der Waals surface area contributed by atoms with Gasteiger partial charge in [-0.1, -0.05) is 12.8 Å². The standard InChI is InChI=1S/C13H23NO/c15-11-12-5-3-7-13(8-4-6-12)14-9-1-2-10-14/h11-13H,1-10H2. The van der Waals surface area contributed by atoms with Crippen LogP contribution in [0.2, 0.25) is 0 Å². The van der Waals surface area contributed by atoms with Crippen LogP contribution in [-0.4, -0.2) is 30.3 Å². The molecule has 0 spiro atoms. The first-order valence-corrected chi connectivity index (χ1v) is 6.59. The maximum absolute atomic E-state index is 10.8. The molecule has 2 rings (SSSR count). The van der Waals surface area contributed by atoms with Gasteiger partial charge in [0.2, 0.25) is 0 Å². The fraction of sp³-hybridized carbons (Fsp3) is 0.923. The molecule has 0 radical (unpaired) electrons. The van der Waals surface area contributed by atoms with Crippen LogP contribution in [0.5, 0.6) is 0 Å². The largest absolute Gasteiger partial charge is 0.303 e. The number of aldehydes is 1. The number of hydrogen-bond acceptors (Lipinski definition) is 2. The monoisotopic (exact) mass is 209 g/mol. The molecule has 0 atom stereocenters. The van der Waals surface area contributed by atoms with Crippen LogP contribution in [0.1, 0.15) is 51.4 Å². The van der Waals surface area contributed by atoms with E-state index in [9.17, 15) is 4.79 Å². The molecule has 2 aliphatic rings. The van der Waals surface area contributed by atoms with Gasteiger partial charge in [-0.3, -0.25) is 0 Å². The molecule has 0 aromatic rings. The van der Waals surface area contributed by atoms with Crippen molar-refractivity contribution in [2.75, 3.05) is 13.1 Å². The summed E-state index contributed by atoms with van der Waals surface area (Å²) in [7, 11) is 0. The van der Waals surface area contributed by atoms with Gasteiger partial charge in [0.25, 0.3) is 0 Å². The van der Waals surface area contributed by atoms with Crippen LogP contribution in [0.3, 0.4) is 0 Å². The van der Waals surface area contributed by atoms with Gasteiger partial charge in [-0.25, -0.2) is 0 Å². The topological polar surface area (TPSA) is 20.3 Å². The predicted molar refractivity (Wildman–Crippen MR) is 61.9 cm³/mol. The van der Waals surface area contributed by atoms with E-state index in [1.807, 2.05) is 0 Å². The average Bonchev–Trinajstić information content (AvgIpc) is 2.71. The van der Waals surface area contributed by atoms with Crippen LogP contribution in [0.15, 0.2) is 0 Å². The first-order chi connectivity index (χ1) is 7.40. The van der Waals surface area contributed by atoms with E-state index in [2.05, 4.69) is 4.90 Å². The van der Waals surface area contributed by atoms with Crippen molar-refractivity contribution in [1.29, 1.82) is 0 Å². The summed E-state index contributed by atoms with van der Waals surface area (Å²) >= 11 is 0. The van der Waals surface area contributed by atoms with Crippen LogP contribution in [0.25, 0.3) is 0 Å². The molecular weight excluding hydrogens is 186 g/mol. The highest BCUT2D eigenvalue weighted by molar-refractivity contribution is 5.53. The summed E-state index contributed by atoms with van der Waals surface area (Å²) < 4.78 is 0. The predicted octanol–water partition coefficient (Wildman–Crippen LogP) is 2.62. The maximum Gasteiger partial charge on any atom is 0.123 e. The first-order valence-electron chi connectivity index (χ1n) is 6.59. The SMILES string of the molecule is O=CC1CCCC(N2CCCC2)CCC1. The maximum atomic E-state index is 10.8. The molecule has 1 aliphatic carbocycles. The van der Waals surface area contributed by atoms with Crippen molar-refractivity contribution in [1.82, 2.24) is 4.90 Å². The Labute approximate surface area is 93.0 Å². The van der Waals surface area contributed by atoms with E-state index in [0.717, 1.165) is 18.9 Å². The smallest absolute Gasteiger partial charge is 0.123 e. The molecule has 2 nitrogen and oxygen atoms in total. The highest BCUT2D eigenvalue weighted by Crippen LogP contribution is 2.26. The second kappa shape index (κ2) is 5.64. The van der Waals surface area contributed by atoms with Gasteiger partial charge < -0.3 is 9.69 Å². The molecule has 2 fully saturated rings. The molecular formula is C13H23NO. The van der Waals surface area contributed by atoms with Crippen molar-refractivity contribution in [3.05, 3.63) is 0 Å². The third-order valence-electron chi connectivity index (χ3n) is 4.07. The van der Waals surface area contributed by atoms with Crippen LogP contribution >= 0.6 is 0 Å². The summed E-state index contributed by atoms with van der Waals surface area (Å²) in [6.45, 7) is 2.64. The lowest BCUT2D eigenvalue weighted by molar-refractivity contribution is -0.111. The van der Waals surface area contributed by atoms with Gasteiger partial charge in [0.05, 0.1) is 0 Å². The van der Waals surface area contributed by atoms with Crippen LogP contribution < -0.4 is 0 Å². The molecule has 1 heterocycles. The minimum absolute atomic E-state index is 0.365. The van der Waals surface area contributed by atoms with Gasteiger partial charge in [0.15, 0.2) is 0 Å². The number of rotatable bonds is 2. The van der Waals surface area contributed by atoms with Crippen LogP contribution in [0, 0.1) is 5.92 Å². The molecule has 2 heteroatoms. The van der Waals surface area contributed by atoms with E-state index in [-0.39, 0.29) is 0 Å². The van der Waals surface area contributed by atoms with E-state index >= 15 is 0 Å². The van der Waals surface area contributed by atoms with Gasteiger partial charge in [-0.2, -0.15) is 0 Å². The quantitative estimate of drug-likeness (QED) is 0.652. The number of likely N-dealkylation sites (tertiary alicyclic amines) is 1. The Kier molecular flexibility index (Phi) is 4.18. The van der Waals surface area contributed by atoms with Crippen molar-refractivity contribution in [2.24, 2.45) is 5.92 Å². The second-order valence-corrected chi connectivity index (χ2v) is 5.15. The Morgan fingerprint density at radius 2 is 1.47 bits per heavy atom. The molecule has 0 N–H and O–H groups in total. The molecule has 0 bridgehead atoms. The molecule has 1 saturated carbocycles. The fourth-order valence-electron chi connectivity index (χ4n) is 3.13. The number of nitrogens with zero attached hydrogens (tertiary/aromatic N) is 1. The van der Waals surface area contributed by atoms with Crippen molar-refractivity contribution in [3.63, 3.8) is 0 Å². The van der Waals surface area contributed by atoms with Crippen LogP contribution in [-0.2, 0) is 4.79 Å². The van der Waals surface area contributed by atoms with E-state index in [4.69, 9.17) is 0 Å². The number of carbonyl (C=O) groups excluding carboxylic acids is 1. The Hall–Kier alpha value is -0.370. The minimum Gasteiger partial charge on any atom is -0.303 e. The van der Waals surface area contributed by atoms with Crippen molar-refractivity contribution >= 4 is 6.29 Å². The number of hydrogen-bond donors (Lipinski definition) is 0. The summed E-state index contributed by atoms with van der Waals surface area (Å²) in [4.78, 5) is 13.4. The average molecular weight is 209 g/mol. The highest BCUT2D eigenvalue weighted by atomic mass is 16.1. The second-order valence-electron chi connectivity index (χ2n) is 5.15. The molecule has 15 heavy (non-hydrogen) atoms. The lowest BCUT2D eigenvalue weighted by Gasteiger charge is -2.30. The first kappa shape index (κ1) is 11.1.